The summed E-state index contributed by atoms with van der Waals surface area (Å²) < 4.78 is 26.9. The minimum absolute atomic E-state index is 0.210. The van der Waals surface area contributed by atoms with E-state index in [0.29, 0.717) is 39.0 Å². The summed E-state index contributed by atoms with van der Waals surface area (Å²) in [7, 11) is 1.49. The summed E-state index contributed by atoms with van der Waals surface area (Å²) >= 11 is 0. The Morgan fingerprint density at radius 2 is 1.79 bits per heavy atom. The van der Waals surface area contributed by atoms with Crippen LogP contribution in [0.5, 0.6) is 11.5 Å². The molecule has 0 aliphatic carbocycles. The number of ether oxygens (including phenoxy) is 3. The van der Waals surface area contributed by atoms with Crippen molar-refractivity contribution in [2.24, 2.45) is 0 Å². The number of hydrogen-bond donors (Lipinski definition) is 0. The van der Waals surface area contributed by atoms with Crippen molar-refractivity contribution in [3.63, 3.8) is 0 Å². The molecule has 33 heavy (non-hydrogen) atoms. The number of carbonyl (C=O) groups is 1. The van der Waals surface area contributed by atoms with Gasteiger partial charge in [-0.1, -0.05) is 12.1 Å². The summed E-state index contributed by atoms with van der Waals surface area (Å²) in [5.41, 5.74) is 0.398. The van der Waals surface area contributed by atoms with Crippen molar-refractivity contribution in [2.75, 3.05) is 13.7 Å². The SMILES string of the molecule is CCOC(=O)[C@@H](C)Oc1ccc2c(-c3cc4cccc(OC)c4oc3=O)cc(=O)oc2c1C. The van der Waals surface area contributed by atoms with Crippen molar-refractivity contribution in [3.8, 4) is 22.6 Å². The zero-order chi connectivity index (χ0) is 23.7. The van der Waals surface area contributed by atoms with Gasteiger partial charge in [-0.2, -0.15) is 0 Å². The topological polar surface area (TPSA) is 105 Å². The highest BCUT2D eigenvalue weighted by Gasteiger charge is 2.20. The average Bonchev–Trinajstić information content (AvgIpc) is 2.80. The Hall–Kier alpha value is -4.07. The molecule has 8 nitrogen and oxygen atoms in total. The van der Waals surface area contributed by atoms with Gasteiger partial charge in [0.05, 0.1) is 19.3 Å². The number of esters is 1. The third kappa shape index (κ3) is 4.07. The molecule has 0 amide bonds. The van der Waals surface area contributed by atoms with Crippen LogP contribution < -0.4 is 20.7 Å². The van der Waals surface area contributed by atoms with E-state index in [1.807, 2.05) is 0 Å². The van der Waals surface area contributed by atoms with Crippen LogP contribution in [0.2, 0.25) is 0 Å². The van der Waals surface area contributed by atoms with E-state index in [4.69, 9.17) is 23.0 Å². The van der Waals surface area contributed by atoms with Gasteiger partial charge < -0.3 is 23.0 Å². The number of fused-ring (bicyclic) bond motifs is 2. The van der Waals surface area contributed by atoms with E-state index in [9.17, 15) is 14.4 Å². The molecule has 0 aliphatic rings. The van der Waals surface area contributed by atoms with Gasteiger partial charge in [0.15, 0.2) is 17.4 Å². The van der Waals surface area contributed by atoms with E-state index < -0.39 is 23.3 Å². The highest BCUT2D eigenvalue weighted by atomic mass is 16.6. The van der Waals surface area contributed by atoms with E-state index in [1.165, 1.54) is 13.2 Å². The molecule has 0 spiro atoms. The molecule has 4 rings (SSSR count). The molecule has 0 radical (unpaired) electrons. The average molecular weight is 450 g/mol. The second-order valence-corrected chi connectivity index (χ2v) is 7.38. The van der Waals surface area contributed by atoms with Gasteiger partial charge in [0.1, 0.15) is 11.3 Å². The molecular weight excluding hydrogens is 428 g/mol. The second-order valence-electron chi connectivity index (χ2n) is 7.38. The molecule has 170 valence electrons. The summed E-state index contributed by atoms with van der Waals surface area (Å²) in [5, 5.41) is 1.17. The summed E-state index contributed by atoms with van der Waals surface area (Å²) in [6.45, 7) is 5.22. The number of para-hydroxylation sites is 1. The quantitative estimate of drug-likeness (QED) is 0.318. The van der Waals surface area contributed by atoms with Gasteiger partial charge in [-0.3, -0.25) is 0 Å². The summed E-state index contributed by atoms with van der Waals surface area (Å²) in [6, 6.07) is 11.5. The minimum Gasteiger partial charge on any atom is -0.493 e. The zero-order valence-electron chi connectivity index (χ0n) is 18.6. The Morgan fingerprint density at radius 1 is 1.00 bits per heavy atom. The molecule has 2 aromatic carbocycles. The number of hydrogen-bond acceptors (Lipinski definition) is 8. The fraction of sp³-hybridized carbons (Fsp3) is 0.240. The maximum absolute atomic E-state index is 12.9. The van der Waals surface area contributed by atoms with Crippen molar-refractivity contribution in [3.05, 3.63) is 68.9 Å². The predicted octanol–water partition coefficient (Wildman–Crippen LogP) is 4.21. The van der Waals surface area contributed by atoms with Crippen LogP contribution in [0.15, 0.2) is 60.9 Å². The number of aryl methyl sites for hydroxylation is 1. The van der Waals surface area contributed by atoms with E-state index in [-0.39, 0.29) is 17.8 Å². The van der Waals surface area contributed by atoms with Crippen LogP contribution in [-0.2, 0) is 9.53 Å². The molecule has 0 bridgehead atoms. The van der Waals surface area contributed by atoms with Gasteiger partial charge in [0.25, 0.3) is 0 Å². The van der Waals surface area contributed by atoms with Crippen LogP contribution in [0, 0.1) is 6.92 Å². The standard InChI is InChI=1S/C25H22O8/c1-5-30-24(27)14(3)31-19-10-9-16-17(12-21(26)32-22(16)13(19)2)18-11-15-7-6-8-20(29-4)23(15)33-25(18)28/h6-12,14H,5H2,1-4H3/t14-/m1/s1. The summed E-state index contributed by atoms with van der Waals surface area (Å²) in [5.74, 6) is 0.289. The Labute approximate surface area is 188 Å². The number of carbonyl (C=O) groups excluding carboxylic acids is 1. The van der Waals surface area contributed by atoms with Crippen LogP contribution in [0.3, 0.4) is 0 Å². The first-order chi connectivity index (χ1) is 15.8. The molecule has 0 fully saturated rings. The first kappa shape index (κ1) is 22.1. The maximum atomic E-state index is 12.9. The van der Waals surface area contributed by atoms with Crippen molar-refractivity contribution >= 4 is 27.9 Å². The molecule has 0 saturated heterocycles. The fourth-order valence-electron chi connectivity index (χ4n) is 3.66. The Kier molecular flexibility index (Phi) is 5.91. The lowest BCUT2D eigenvalue weighted by Crippen LogP contribution is -2.26. The van der Waals surface area contributed by atoms with Gasteiger partial charge in [0.2, 0.25) is 0 Å². The molecule has 8 heteroatoms. The minimum atomic E-state index is -0.849. The molecule has 0 unspecified atom stereocenters. The van der Waals surface area contributed by atoms with Gasteiger partial charge >= 0.3 is 17.2 Å². The van der Waals surface area contributed by atoms with Gasteiger partial charge in [-0.15, -0.1) is 0 Å². The maximum Gasteiger partial charge on any atom is 0.347 e. The molecule has 0 saturated carbocycles. The third-order valence-corrected chi connectivity index (χ3v) is 5.27. The summed E-state index contributed by atoms with van der Waals surface area (Å²) in [6.07, 6.45) is -0.849. The molecule has 4 aromatic rings. The smallest absolute Gasteiger partial charge is 0.347 e. The van der Waals surface area contributed by atoms with Crippen molar-refractivity contribution in [2.45, 2.75) is 26.9 Å². The Morgan fingerprint density at radius 3 is 2.52 bits per heavy atom. The Bertz CT molecular complexity index is 1480. The lowest BCUT2D eigenvalue weighted by Gasteiger charge is -2.16. The van der Waals surface area contributed by atoms with E-state index >= 15 is 0 Å². The van der Waals surface area contributed by atoms with Crippen LogP contribution in [0.25, 0.3) is 33.1 Å². The number of rotatable bonds is 6. The lowest BCUT2D eigenvalue weighted by molar-refractivity contribution is -0.150. The van der Waals surface area contributed by atoms with Crippen LogP contribution in [0.4, 0.5) is 0 Å². The van der Waals surface area contributed by atoms with Crippen LogP contribution in [0.1, 0.15) is 19.4 Å². The molecule has 2 heterocycles. The monoisotopic (exact) mass is 450 g/mol. The molecule has 0 aliphatic heterocycles. The first-order valence-electron chi connectivity index (χ1n) is 10.4. The van der Waals surface area contributed by atoms with Crippen LogP contribution >= 0.6 is 0 Å². The highest BCUT2D eigenvalue weighted by Crippen LogP contribution is 2.34. The van der Waals surface area contributed by atoms with Crippen molar-refractivity contribution in [1.82, 2.24) is 0 Å². The molecule has 1 atom stereocenters. The lowest BCUT2D eigenvalue weighted by atomic mass is 10.0. The summed E-state index contributed by atoms with van der Waals surface area (Å²) in [4.78, 5) is 37.2. The van der Waals surface area contributed by atoms with E-state index in [2.05, 4.69) is 0 Å². The fourth-order valence-corrected chi connectivity index (χ4v) is 3.66. The van der Waals surface area contributed by atoms with E-state index in [0.717, 1.165) is 0 Å². The highest BCUT2D eigenvalue weighted by molar-refractivity contribution is 5.97. The van der Waals surface area contributed by atoms with Gasteiger partial charge in [-0.05, 0) is 45.0 Å². The predicted molar refractivity (Wildman–Crippen MR) is 122 cm³/mol. The Balaban J connectivity index is 1.87. The molecule has 2 aromatic heterocycles. The normalized spacial score (nSPS) is 12.0. The third-order valence-electron chi connectivity index (χ3n) is 5.27. The second kappa shape index (κ2) is 8.82. The molecule has 0 N–H and O–H groups in total. The first-order valence-corrected chi connectivity index (χ1v) is 10.4. The number of benzene rings is 2. The molecular formula is C25H22O8. The van der Waals surface area contributed by atoms with Gasteiger partial charge in [0, 0.05) is 28.0 Å². The number of methoxy groups -OCH3 is 1. The van der Waals surface area contributed by atoms with Crippen molar-refractivity contribution in [1.29, 1.82) is 0 Å². The zero-order valence-corrected chi connectivity index (χ0v) is 18.6. The van der Waals surface area contributed by atoms with E-state index in [1.54, 1.807) is 57.2 Å². The largest absolute Gasteiger partial charge is 0.493 e. The van der Waals surface area contributed by atoms with Gasteiger partial charge in [-0.25, -0.2) is 14.4 Å². The van der Waals surface area contributed by atoms with Crippen molar-refractivity contribution < 1.29 is 27.8 Å². The van der Waals surface area contributed by atoms with Crippen LogP contribution in [-0.4, -0.2) is 25.8 Å².